The lowest BCUT2D eigenvalue weighted by Gasteiger charge is -2.26. The summed E-state index contributed by atoms with van der Waals surface area (Å²) in [6.07, 6.45) is 5.73. The van der Waals surface area contributed by atoms with Gasteiger partial charge in [-0.1, -0.05) is 36.4 Å². The largest absolute Gasteiger partial charge is 0.459 e. The highest BCUT2D eigenvalue weighted by Crippen LogP contribution is 2.55. The first-order valence-corrected chi connectivity index (χ1v) is 15.6. The summed E-state index contributed by atoms with van der Waals surface area (Å²) in [6.45, 7) is 6.14. The van der Waals surface area contributed by atoms with Gasteiger partial charge in [0, 0.05) is 12.0 Å². The van der Waals surface area contributed by atoms with Gasteiger partial charge >= 0.3 is 0 Å². The Balaban J connectivity index is 1.17. The number of carbonyl (C=O) groups excluding carboxylic acids is 1. The predicted octanol–water partition coefficient (Wildman–Crippen LogP) is 4.28. The third-order valence-corrected chi connectivity index (χ3v) is 8.72. The van der Waals surface area contributed by atoms with Crippen molar-refractivity contribution in [3.05, 3.63) is 72.4 Å². The number of benzene rings is 1. The maximum Gasteiger partial charge on any atom is 0.286 e. The third-order valence-electron chi connectivity index (χ3n) is 7.16. The molecule has 2 aromatic heterocycles. The zero-order valence-electron chi connectivity index (χ0n) is 22.0. The zero-order valence-corrected chi connectivity index (χ0v) is 23.8. The van der Waals surface area contributed by atoms with Gasteiger partial charge < -0.3 is 27.4 Å². The number of anilines is 1. The number of fused-ring (bicyclic) bond motifs is 1. The molecule has 3 aromatic rings. The molecule has 1 saturated heterocycles. The molecular weight excluding hydrogens is 553 g/mol. The standard InChI is InChI=1S/C27H32N5O6PS/c1-17(2)19-10-8-18(9-11-19)13-36-39(35,40)37-14-22-21(33)12-23(38-22)32-16-30-24-25(28-15-29-26(24)32)31-27(34)20-6-4-3-5-7-20/h3-8,15-16,19,21-23,33H,1,9-14H2,2H3,(H,35,40)(H,28,29,31,34)/t19-,21-,22+,23+,39?/m0/s1. The topological polar surface area (TPSA) is 141 Å². The number of aromatic nitrogens is 4. The average Bonchev–Trinajstić information content (AvgIpc) is 3.55. The minimum absolute atomic E-state index is 0.137. The van der Waals surface area contributed by atoms with E-state index in [0.717, 1.165) is 24.8 Å². The number of rotatable bonds is 10. The molecule has 0 saturated carbocycles. The Bertz CT molecular complexity index is 1400. The van der Waals surface area contributed by atoms with Crippen LogP contribution in [0, 0.1) is 5.92 Å². The predicted molar refractivity (Wildman–Crippen MR) is 153 cm³/mol. The molecular formula is C27H32N5O6PS. The Morgan fingerprint density at radius 1 is 1.27 bits per heavy atom. The van der Waals surface area contributed by atoms with Crippen molar-refractivity contribution in [1.29, 1.82) is 0 Å². The molecule has 40 heavy (non-hydrogen) atoms. The summed E-state index contributed by atoms with van der Waals surface area (Å²) in [5.74, 6) is 0.417. The third kappa shape index (κ3) is 6.77. The van der Waals surface area contributed by atoms with E-state index in [0.29, 0.717) is 22.6 Å². The number of allylic oxidation sites excluding steroid dienone is 2. The highest BCUT2D eigenvalue weighted by Gasteiger charge is 2.39. The minimum atomic E-state index is -3.53. The van der Waals surface area contributed by atoms with Crippen molar-refractivity contribution in [1.82, 2.24) is 19.5 Å². The molecule has 1 aromatic carbocycles. The van der Waals surface area contributed by atoms with Crippen LogP contribution in [0.2, 0.25) is 0 Å². The van der Waals surface area contributed by atoms with Crippen LogP contribution in [0.15, 0.2) is 66.8 Å². The van der Waals surface area contributed by atoms with Gasteiger partial charge in [-0.25, -0.2) is 19.8 Å². The van der Waals surface area contributed by atoms with Gasteiger partial charge in [0.2, 0.25) is 0 Å². The molecule has 0 spiro atoms. The second-order valence-electron chi connectivity index (χ2n) is 10.0. The highest BCUT2D eigenvalue weighted by molar-refractivity contribution is 8.35. The van der Waals surface area contributed by atoms with Crippen LogP contribution in [0.1, 0.15) is 49.2 Å². The van der Waals surface area contributed by atoms with E-state index in [2.05, 4.69) is 32.9 Å². The highest BCUT2D eigenvalue weighted by atomic mass is 32.7. The van der Waals surface area contributed by atoms with Gasteiger partial charge in [0.25, 0.3) is 13.1 Å². The summed E-state index contributed by atoms with van der Waals surface area (Å²) in [7, 11) is -3.53. The van der Waals surface area contributed by atoms with Crippen molar-refractivity contribution in [3.63, 3.8) is 0 Å². The summed E-state index contributed by atoms with van der Waals surface area (Å²) >= 11 is 5.18. The van der Waals surface area contributed by atoms with Crippen LogP contribution < -0.4 is 5.32 Å². The lowest BCUT2D eigenvalue weighted by Crippen LogP contribution is -2.26. The Hall–Kier alpha value is -2.70. The SMILES string of the molecule is C=C(C)[C@H]1CC=C(CO[P+](O)([S-])OC[C@H]2O[C@@H](n3cnc4c(NC(=O)c5ccccc5)ncnc43)C[C@@H]2O)CC1. The van der Waals surface area contributed by atoms with Crippen LogP contribution >= 0.6 is 7.15 Å². The molecule has 3 heterocycles. The molecule has 0 bridgehead atoms. The molecule has 13 heteroatoms. The minimum Gasteiger partial charge on any atom is -0.459 e. The number of nitrogens with one attached hydrogen (secondary N) is 1. The molecule has 1 amide bonds. The van der Waals surface area contributed by atoms with E-state index >= 15 is 0 Å². The molecule has 11 nitrogen and oxygen atoms in total. The van der Waals surface area contributed by atoms with E-state index in [1.54, 1.807) is 28.8 Å². The van der Waals surface area contributed by atoms with Crippen LogP contribution in [0.4, 0.5) is 5.82 Å². The lowest BCUT2D eigenvalue weighted by molar-refractivity contribution is -0.0410. The molecule has 1 aliphatic heterocycles. The molecule has 1 aliphatic carbocycles. The quantitative estimate of drug-likeness (QED) is 0.179. The van der Waals surface area contributed by atoms with E-state index in [9.17, 15) is 14.8 Å². The van der Waals surface area contributed by atoms with Crippen LogP contribution in [0.25, 0.3) is 11.2 Å². The molecule has 1 fully saturated rings. The summed E-state index contributed by atoms with van der Waals surface area (Å²) in [6, 6.07) is 8.78. The van der Waals surface area contributed by atoms with E-state index in [-0.39, 0.29) is 31.4 Å². The Kier molecular flexibility index (Phi) is 8.96. The average molecular weight is 586 g/mol. The van der Waals surface area contributed by atoms with Crippen molar-refractivity contribution < 1.29 is 28.6 Å². The van der Waals surface area contributed by atoms with Crippen LogP contribution in [0.5, 0.6) is 0 Å². The number of carbonyl (C=O) groups is 1. The fourth-order valence-corrected chi connectivity index (χ4v) is 5.88. The number of nitrogens with zero attached hydrogens (tertiary/aromatic N) is 4. The fraction of sp³-hybridized carbons (Fsp3) is 0.407. The van der Waals surface area contributed by atoms with Crippen molar-refractivity contribution in [2.45, 2.75) is 51.0 Å². The number of hydrogen-bond donors (Lipinski definition) is 3. The maximum atomic E-state index is 12.6. The number of aliphatic hydroxyl groups excluding tert-OH is 1. The van der Waals surface area contributed by atoms with Gasteiger partial charge in [0.1, 0.15) is 31.9 Å². The van der Waals surface area contributed by atoms with E-state index in [1.165, 1.54) is 18.2 Å². The first kappa shape index (κ1) is 28.8. The summed E-state index contributed by atoms with van der Waals surface area (Å²) in [5, 5.41) is 13.4. The van der Waals surface area contributed by atoms with Crippen LogP contribution in [-0.4, -0.2) is 60.8 Å². The molecule has 0 radical (unpaired) electrons. The second-order valence-corrected chi connectivity index (χ2v) is 12.9. The zero-order chi connectivity index (χ0) is 28.3. The summed E-state index contributed by atoms with van der Waals surface area (Å²) in [4.78, 5) is 36.0. The fourth-order valence-electron chi connectivity index (χ4n) is 4.80. The second kappa shape index (κ2) is 12.4. The number of amides is 1. The van der Waals surface area contributed by atoms with Crippen LogP contribution in [0.3, 0.4) is 0 Å². The van der Waals surface area contributed by atoms with Gasteiger partial charge in [-0.3, -0.25) is 9.36 Å². The van der Waals surface area contributed by atoms with Gasteiger partial charge in [-0.15, -0.1) is 0 Å². The van der Waals surface area contributed by atoms with E-state index in [1.807, 2.05) is 13.0 Å². The van der Waals surface area contributed by atoms with Gasteiger partial charge in [0.15, 0.2) is 17.0 Å². The Morgan fingerprint density at radius 3 is 2.80 bits per heavy atom. The van der Waals surface area contributed by atoms with Gasteiger partial charge in [0.05, 0.1) is 12.4 Å². The normalized spacial score (nSPS) is 24.4. The number of imidazole rings is 1. The Morgan fingerprint density at radius 2 is 2.08 bits per heavy atom. The van der Waals surface area contributed by atoms with Crippen molar-refractivity contribution in [3.8, 4) is 0 Å². The molecule has 3 N–H and O–H groups in total. The smallest absolute Gasteiger partial charge is 0.286 e. The first-order valence-electron chi connectivity index (χ1n) is 13.0. The number of hydrogen-bond acceptors (Lipinski definition) is 10. The van der Waals surface area contributed by atoms with E-state index < -0.39 is 25.6 Å². The van der Waals surface area contributed by atoms with Gasteiger partial charge in [-0.05, 0) is 49.8 Å². The maximum absolute atomic E-state index is 12.6. The summed E-state index contributed by atoms with van der Waals surface area (Å²) < 4.78 is 18.8. The molecule has 5 atom stereocenters. The Labute approximate surface area is 238 Å². The molecule has 1 unspecified atom stereocenters. The van der Waals surface area contributed by atoms with Crippen molar-refractivity contribution in [2.24, 2.45) is 5.92 Å². The number of ether oxygens (including phenoxy) is 1. The monoisotopic (exact) mass is 585 g/mol. The number of aliphatic hydroxyl groups is 1. The van der Waals surface area contributed by atoms with Crippen LogP contribution in [-0.2, 0) is 26.0 Å². The molecule has 5 rings (SSSR count). The van der Waals surface area contributed by atoms with Gasteiger partial charge in [-0.2, -0.15) is 9.05 Å². The van der Waals surface area contributed by atoms with E-state index in [4.69, 9.17) is 26.0 Å². The van der Waals surface area contributed by atoms with Crippen molar-refractivity contribution >= 4 is 42.3 Å². The molecule has 212 valence electrons. The molecule has 2 aliphatic rings. The first-order chi connectivity index (χ1) is 19.2. The van der Waals surface area contributed by atoms with Crippen molar-refractivity contribution in [2.75, 3.05) is 18.5 Å². The lowest BCUT2D eigenvalue weighted by atomic mass is 9.86. The summed E-state index contributed by atoms with van der Waals surface area (Å²) in [5.41, 5.74) is 3.55.